The Kier molecular flexibility index (Phi) is 5.69. The summed E-state index contributed by atoms with van der Waals surface area (Å²) in [6.45, 7) is 3.25. The van der Waals surface area contributed by atoms with Gasteiger partial charge in [-0.1, -0.05) is 12.1 Å². The van der Waals surface area contributed by atoms with Crippen LogP contribution in [0.5, 0.6) is 11.6 Å². The maximum Gasteiger partial charge on any atom is 0.261 e. The summed E-state index contributed by atoms with van der Waals surface area (Å²) in [5, 5.41) is 8.18. The Morgan fingerprint density at radius 1 is 1.03 bits per heavy atom. The van der Waals surface area contributed by atoms with Crippen molar-refractivity contribution in [2.45, 2.75) is 18.7 Å². The standard InChI is InChI=1S/C22H19N5O4S/c1-15(28)17-4-3-5-20(14-17)32(29,30)26-18-6-8-19(9-7-18)31-22-11-10-21(24-25-22)27-13-12-23-16(27)2/h3-14,26H,1-2H3. The van der Waals surface area contributed by atoms with Crippen molar-refractivity contribution in [3.05, 3.63) is 84.4 Å². The van der Waals surface area contributed by atoms with Crippen molar-refractivity contribution in [3.8, 4) is 17.4 Å². The highest BCUT2D eigenvalue weighted by Gasteiger charge is 2.16. The van der Waals surface area contributed by atoms with E-state index in [1.165, 1.54) is 25.1 Å². The fourth-order valence-electron chi connectivity index (χ4n) is 2.92. The molecule has 32 heavy (non-hydrogen) atoms. The van der Waals surface area contributed by atoms with Crippen LogP contribution in [0, 0.1) is 6.92 Å². The third-order valence-electron chi connectivity index (χ3n) is 4.58. The van der Waals surface area contributed by atoms with Crippen LogP contribution < -0.4 is 9.46 Å². The second-order valence-electron chi connectivity index (χ2n) is 6.89. The highest BCUT2D eigenvalue weighted by atomic mass is 32.2. The Morgan fingerprint density at radius 2 is 1.81 bits per heavy atom. The van der Waals surface area contributed by atoms with Crippen LogP contribution in [0.25, 0.3) is 5.82 Å². The second kappa shape index (κ2) is 8.60. The van der Waals surface area contributed by atoms with E-state index in [0.29, 0.717) is 28.7 Å². The summed E-state index contributed by atoms with van der Waals surface area (Å²) in [4.78, 5) is 15.7. The molecule has 0 amide bonds. The van der Waals surface area contributed by atoms with E-state index in [1.807, 2.05) is 6.92 Å². The van der Waals surface area contributed by atoms with Crippen LogP contribution in [0.3, 0.4) is 0 Å². The molecule has 0 atom stereocenters. The Morgan fingerprint density at radius 3 is 2.44 bits per heavy atom. The van der Waals surface area contributed by atoms with Gasteiger partial charge in [0.25, 0.3) is 10.0 Å². The van der Waals surface area contributed by atoms with Gasteiger partial charge in [0.05, 0.1) is 4.90 Å². The van der Waals surface area contributed by atoms with E-state index in [0.717, 1.165) is 5.82 Å². The number of hydrogen-bond acceptors (Lipinski definition) is 7. The van der Waals surface area contributed by atoms with Gasteiger partial charge in [-0.05, 0) is 56.3 Å². The molecule has 1 N–H and O–H groups in total. The Balaban J connectivity index is 1.45. The van der Waals surface area contributed by atoms with E-state index in [1.54, 1.807) is 59.4 Å². The molecule has 0 unspecified atom stereocenters. The number of benzene rings is 2. The van der Waals surface area contributed by atoms with Crippen LogP contribution in [0.15, 0.2) is 78.0 Å². The van der Waals surface area contributed by atoms with Gasteiger partial charge in [0, 0.05) is 29.7 Å². The fourth-order valence-corrected chi connectivity index (χ4v) is 4.03. The number of hydrogen-bond donors (Lipinski definition) is 1. The van der Waals surface area contributed by atoms with E-state index >= 15 is 0 Å². The molecule has 0 radical (unpaired) electrons. The highest BCUT2D eigenvalue weighted by Crippen LogP contribution is 2.23. The molecule has 2 aromatic heterocycles. The average molecular weight is 449 g/mol. The molecule has 0 saturated heterocycles. The highest BCUT2D eigenvalue weighted by molar-refractivity contribution is 7.92. The number of nitrogens with one attached hydrogen (secondary N) is 1. The van der Waals surface area contributed by atoms with Crippen molar-refractivity contribution in [3.63, 3.8) is 0 Å². The molecule has 4 aromatic rings. The van der Waals surface area contributed by atoms with E-state index in [9.17, 15) is 13.2 Å². The smallest absolute Gasteiger partial charge is 0.261 e. The molecule has 2 heterocycles. The van der Waals surface area contributed by atoms with Crippen LogP contribution >= 0.6 is 0 Å². The lowest BCUT2D eigenvalue weighted by Gasteiger charge is -2.10. The Labute approximate surface area is 184 Å². The SMILES string of the molecule is CC(=O)c1cccc(S(=O)(=O)Nc2ccc(Oc3ccc(-n4ccnc4C)nn3)cc2)c1. The molecule has 0 fully saturated rings. The number of sulfonamides is 1. The van der Waals surface area contributed by atoms with Crippen LogP contribution in [-0.4, -0.2) is 33.9 Å². The zero-order valence-electron chi connectivity index (χ0n) is 17.3. The van der Waals surface area contributed by atoms with E-state index < -0.39 is 10.0 Å². The van der Waals surface area contributed by atoms with Crippen molar-refractivity contribution in [2.24, 2.45) is 0 Å². The zero-order valence-corrected chi connectivity index (χ0v) is 18.1. The van der Waals surface area contributed by atoms with Gasteiger partial charge in [0.15, 0.2) is 11.6 Å². The number of imidazole rings is 1. The van der Waals surface area contributed by atoms with Crippen molar-refractivity contribution >= 4 is 21.5 Å². The summed E-state index contributed by atoms with van der Waals surface area (Å²) in [5.41, 5.74) is 0.676. The van der Waals surface area contributed by atoms with E-state index in [4.69, 9.17) is 4.74 Å². The molecule has 9 nitrogen and oxygen atoms in total. The molecular weight excluding hydrogens is 430 g/mol. The van der Waals surface area contributed by atoms with Crippen molar-refractivity contribution in [1.29, 1.82) is 0 Å². The van der Waals surface area contributed by atoms with Crippen LogP contribution in [0.2, 0.25) is 0 Å². The minimum Gasteiger partial charge on any atom is -0.438 e. The minimum atomic E-state index is -3.84. The maximum atomic E-state index is 12.6. The van der Waals surface area contributed by atoms with Gasteiger partial charge in [-0.25, -0.2) is 13.4 Å². The summed E-state index contributed by atoms with van der Waals surface area (Å²) in [7, 11) is -3.84. The molecule has 4 rings (SSSR count). The largest absolute Gasteiger partial charge is 0.438 e. The summed E-state index contributed by atoms with van der Waals surface area (Å²) >= 11 is 0. The first kappa shape index (κ1) is 21.2. The summed E-state index contributed by atoms with van der Waals surface area (Å²) in [6.07, 6.45) is 3.47. The van der Waals surface area contributed by atoms with E-state index in [-0.39, 0.29) is 10.7 Å². The normalized spacial score (nSPS) is 11.2. The van der Waals surface area contributed by atoms with Crippen molar-refractivity contribution in [2.75, 3.05) is 4.72 Å². The van der Waals surface area contributed by atoms with Gasteiger partial charge >= 0.3 is 0 Å². The number of aryl methyl sites for hydroxylation is 1. The van der Waals surface area contributed by atoms with Crippen molar-refractivity contribution in [1.82, 2.24) is 19.7 Å². The first-order valence-electron chi connectivity index (χ1n) is 9.58. The van der Waals surface area contributed by atoms with E-state index in [2.05, 4.69) is 19.9 Å². The van der Waals surface area contributed by atoms with Crippen LogP contribution in [-0.2, 0) is 10.0 Å². The molecule has 2 aromatic carbocycles. The predicted octanol–water partition coefficient (Wildman–Crippen LogP) is 3.77. The lowest BCUT2D eigenvalue weighted by atomic mass is 10.2. The fraction of sp³-hybridized carbons (Fsp3) is 0.0909. The molecule has 162 valence electrons. The first-order chi connectivity index (χ1) is 15.3. The zero-order chi connectivity index (χ0) is 22.7. The second-order valence-corrected chi connectivity index (χ2v) is 8.57. The summed E-state index contributed by atoms with van der Waals surface area (Å²) in [6, 6.07) is 15.7. The molecule has 10 heteroatoms. The van der Waals surface area contributed by atoms with Crippen LogP contribution in [0.1, 0.15) is 23.1 Å². The number of aromatic nitrogens is 4. The topological polar surface area (TPSA) is 116 Å². The van der Waals surface area contributed by atoms with Crippen LogP contribution in [0.4, 0.5) is 5.69 Å². The molecule has 0 aliphatic rings. The van der Waals surface area contributed by atoms with Gasteiger partial charge in [0.1, 0.15) is 11.6 Å². The van der Waals surface area contributed by atoms with Gasteiger partial charge in [0.2, 0.25) is 5.88 Å². The molecular formula is C22H19N5O4S. The third-order valence-corrected chi connectivity index (χ3v) is 5.96. The number of anilines is 1. The van der Waals surface area contributed by atoms with Gasteiger partial charge in [-0.15, -0.1) is 10.2 Å². The van der Waals surface area contributed by atoms with Gasteiger partial charge in [-0.3, -0.25) is 14.1 Å². The maximum absolute atomic E-state index is 12.6. The minimum absolute atomic E-state index is 0.00835. The molecule has 0 aliphatic heterocycles. The number of ether oxygens (including phenoxy) is 1. The number of carbonyl (C=O) groups excluding carboxylic acids is 1. The predicted molar refractivity (Wildman–Crippen MR) is 118 cm³/mol. The number of Topliss-reactive ketones (excluding diaryl/α,β-unsaturated/α-hetero) is 1. The summed E-state index contributed by atoms with van der Waals surface area (Å²) < 4.78 is 35.2. The molecule has 0 saturated carbocycles. The average Bonchev–Trinajstić information content (AvgIpc) is 3.21. The number of carbonyl (C=O) groups is 1. The monoisotopic (exact) mass is 449 g/mol. The van der Waals surface area contributed by atoms with Gasteiger partial charge in [-0.2, -0.15) is 0 Å². The van der Waals surface area contributed by atoms with Crippen molar-refractivity contribution < 1.29 is 17.9 Å². The lowest BCUT2D eigenvalue weighted by molar-refractivity contribution is 0.101. The molecule has 0 spiro atoms. The Hall–Kier alpha value is -4.05. The number of nitrogens with zero attached hydrogens (tertiary/aromatic N) is 4. The molecule has 0 bridgehead atoms. The third kappa shape index (κ3) is 4.65. The molecule has 0 aliphatic carbocycles. The quantitative estimate of drug-likeness (QED) is 0.427. The lowest BCUT2D eigenvalue weighted by Crippen LogP contribution is -2.13. The Bertz CT molecular complexity index is 1360. The van der Waals surface area contributed by atoms with Gasteiger partial charge < -0.3 is 4.74 Å². The summed E-state index contributed by atoms with van der Waals surface area (Å²) in [5.74, 6) is 1.96. The first-order valence-corrected chi connectivity index (χ1v) is 11.1. The number of rotatable bonds is 7. The number of ketones is 1.